The minimum absolute atomic E-state index is 0.193. The van der Waals surface area contributed by atoms with Gasteiger partial charge < -0.3 is 19.4 Å². The van der Waals surface area contributed by atoms with E-state index in [9.17, 15) is 0 Å². The van der Waals surface area contributed by atoms with Crippen molar-refractivity contribution in [1.82, 2.24) is 4.98 Å². The molecule has 22 heavy (non-hydrogen) atoms. The molecule has 0 bridgehead atoms. The average Bonchev–Trinajstić information content (AvgIpc) is 2.87. The molecule has 1 aromatic carbocycles. The Labute approximate surface area is 130 Å². The molecular weight excluding hydrogens is 280 g/mol. The van der Waals surface area contributed by atoms with Crippen LogP contribution in [0.15, 0.2) is 28.7 Å². The van der Waals surface area contributed by atoms with E-state index in [0.717, 1.165) is 17.9 Å². The Morgan fingerprint density at radius 1 is 1.41 bits per heavy atom. The fraction of sp³-hybridized carbons (Fsp3) is 0.375. The van der Waals surface area contributed by atoms with Crippen molar-refractivity contribution in [1.29, 1.82) is 5.26 Å². The molecule has 0 unspecified atom stereocenters. The van der Waals surface area contributed by atoms with Gasteiger partial charge in [0.05, 0.1) is 27.2 Å². The molecule has 0 saturated heterocycles. The van der Waals surface area contributed by atoms with Crippen LogP contribution in [0.25, 0.3) is 0 Å². The van der Waals surface area contributed by atoms with Crippen LogP contribution in [0.2, 0.25) is 0 Å². The lowest BCUT2D eigenvalue weighted by Crippen LogP contribution is -3.06. The normalized spacial score (nSPS) is 10.5. The largest absolute Gasteiger partial charge is 0.484 e. The number of oxazole rings is 1. The predicted molar refractivity (Wildman–Crippen MR) is 82.9 cm³/mol. The molecule has 0 amide bonds. The molecule has 0 aliphatic rings. The fourth-order valence-corrected chi connectivity index (χ4v) is 1.90. The third-order valence-electron chi connectivity index (χ3n) is 3.04. The Balaban J connectivity index is 1.97. The Morgan fingerprint density at radius 3 is 2.91 bits per heavy atom. The van der Waals surface area contributed by atoms with Crippen molar-refractivity contribution in [2.45, 2.75) is 13.5 Å². The van der Waals surface area contributed by atoms with Crippen LogP contribution in [0.4, 0.5) is 5.88 Å². The number of anilines is 1. The number of ether oxygens (including phenoxy) is 1. The van der Waals surface area contributed by atoms with Crippen LogP contribution in [-0.2, 0) is 6.61 Å². The molecular formula is C16H21N4O2+. The first-order chi connectivity index (χ1) is 10.6. The van der Waals surface area contributed by atoms with E-state index in [1.807, 2.05) is 37.3 Å². The lowest BCUT2D eigenvalue weighted by molar-refractivity contribution is -0.856. The zero-order valence-corrected chi connectivity index (χ0v) is 13.1. The smallest absolute Gasteiger partial charge is 0.236 e. The molecule has 1 aromatic heterocycles. The van der Waals surface area contributed by atoms with Gasteiger partial charge in [-0.2, -0.15) is 10.2 Å². The number of aryl methyl sites for hydroxylation is 1. The third-order valence-corrected chi connectivity index (χ3v) is 3.04. The highest BCUT2D eigenvalue weighted by Gasteiger charge is 2.13. The molecule has 0 fully saturated rings. The second kappa shape index (κ2) is 7.48. The lowest BCUT2D eigenvalue weighted by atomic mass is 10.2. The monoisotopic (exact) mass is 301 g/mol. The topological polar surface area (TPSA) is 75.5 Å². The van der Waals surface area contributed by atoms with Crippen LogP contribution in [0.1, 0.15) is 17.1 Å². The first-order valence-electron chi connectivity index (χ1n) is 7.20. The lowest BCUT2D eigenvalue weighted by Gasteiger charge is -2.07. The summed E-state index contributed by atoms with van der Waals surface area (Å²) in [6.07, 6.45) is 0. The van der Waals surface area contributed by atoms with Gasteiger partial charge in [0.25, 0.3) is 0 Å². The number of nitrogens with zero attached hydrogens (tertiary/aromatic N) is 2. The first-order valence-corrected chi connectivity index (χ1v) is 7.20. The van der Waals surface area contributed by atoms with Crippen molar-refractivity contribution in [3.63, 3.8) is 0 Å². The van der Waals surface area contributed by atoms with Crippen molar-refractivity contribution in [3.8, 4) is 11.8 Å². The highest BCUT2D eigenvalue weighted by Crippen LogP contribution is 2.19. The van der Waals surface area contributed by atoms with Gasteiger partial charge in [-0.3, -0.25) is 0 Å². The molecule has 0 aliphatic carbocycles. The molecule has 1 heterocycles. The Morgan fingerprint density at radius 2 is 2.23 bits per heavy atom. The molecule has 0 saturated carbocycles. The molecule has 2 aromatic rings. The van der Waals surface area contributed by atoms with Crippen molar-refractivity contribution in [2.24, 2.45) is 0 Å². The molecule has 2 rings (SSSR count). The van der Waals surface area contributed by atoms with Crippen LogP contribution >= 0.6 is 0 Å². The third kappa shape index (κ3) is 4.50. The van der Waals surface area contributed by atoms with Gasteiger partial charge in [0.15, 0.2) is 6.61 Å². The van der Waals surface area contributed by atoms with E-state index in [2.05, 4.69) is 24.4 Å². The summed E-state index contributed by atoms with van der Waals surface area (Å²) in [5, 5.41) is 12.2. The molecule has 116 valence electrons. The summed E-state index contributed by atoms with van der Waals surface area (Å²) >= 11 is 0. The standard InChI is InChI=1S/C16H20N4O2/c1-12-5-4-6-13(9-12)21-11-15-19-14(10-17)16(22-15)18-7-8-20(2)3/h4-6,9,18H,7-8,11H2,1-3H3/p+1. The summed E-state index contributed by atoms with van der Waals surface area (Å²) in [5.74, 6) is 1.55. The minimum atomic E-state index is 0.193. The van der Waals surface area contributed by atoms with Gasteiger partial charge in [-0.15, -0.1) is 0 Å². The van der Waals surface area contributed by atoms with E-state index < -0.39 is 0 Å². The van der Waals surface area contributed by atoms with Crippen molar-refractivity contribution in [3.05, 3.63) is 41.4 Å². The number of aromatic nitrogens is 1. The number of likely N-dealkylation sites (N-methyl/N-ethyl adjacent to an activating group) is 1. The molecule has 6 heteroatoms. The van der Waals surface area contributed by atoms with Gasteiger partial charge in [0, 0.05) is 0 Å². The van der Waals surface area contributed by atoms with Gasteiger partial charge >= 0.3 is 0 Å². The van der Waals surface area contributed by atoms with Gasteiger partial charge in [-0.05, 0) is 24.6 Å². The highest BCUT2D eigenvalue weighted by molar-refractivity contribution is 5.45. The number of benzene rings is 1. The summed E-state index contributed by atoms with van der Waals surface area (Å²) in [5.41, 5.74) is 1.38. The van der Waals surface area contributed by atoms with Crippen LogP contribution in [0.3, 0.4) is 0 Å². The van der Waals surface area contributed by atoms with Crippen LogP contribution in [0.5, 0.6) is 5.75 Å². The summed E-state index contributed by atoms with van der Waals surface area (Å²) < 4.78 is 11.2. The zero-order valence-electron chi connectivity index (χ0n) is 13.1. The van der Waals surface area contributed by atoms with Gasteiger partial charge in [0.1, 0.15) is 11.8 Å². The number of nitriles is 1. The average molecular weight is 301 g/mol. The van der Waals surface area contributed by atoms with E-state index in [1.54, 1.807) is 0 Å². The van der Waals surface area contributed by atoms with E-state index >= 15 is 0 Å². The molecule has 6 nitrogen and oxygen atoms in total. The van der Waals surface area contributed by atoms with Gasteiger partial charge in [-0.1, -0.05) is 12.1 Å². The summed E-state index contributed by atoms with van der Waals surface area (Å²) in [6, 6.07) is 9.77. The van der Waals surface area contributed by atoms with Gasteiger partial charge in [-0.25, -0.2) is 0 Å². The molecule has 0 spiro atoms. The Kier molecular flexibility index (Phi) is 5.39. The number of rotatable bonds is 7. The van der Waals surface area contributed by atoms with E-state index in [1.165, 1.54) is 4.90 Å². The molecule has 0 radical (unpaired) electrons. The maximum atomic E-state index is 9.10. The second-order valence-electron chi connectivity index (χ2n) is 5.39. The molecule has 2 N–H and O–H groups in total. The van der Waals surface area contributed by atoms with Crippen LogP contribution < -0.4 is 15.0 Å². The van der Waals surface area contributed by atoms with Crippen molar-refractivity contribution >= 4 is 5.88 Å². The predicted octanol–water partition coefficient (Wildman–Crippen LogP) is 0.990. The maximum absolute atomic E-state index is 9.10. The van der Waals surface area contributed by atoms with E-state index in [-0.39, 0.29) is 12.3 Å². The Hall–Kier alpha value is -2.52. The van der Waals surface area contributed by atoms with Crippen LogP contribution in [0, 0.1) is 18.3 Å². The van der Waals surface area contributed by atoms with E-state index in [4.69, 9.17) is 14.4 Å². The quantitative estimate of drug-likeness (QED) is 0.797. The highest BCUT2D eigenvalue weighted by atomic mass is 16.5. The number of hydrogen-bond donors (Lipinski definition) is 2. The first kappa shape index (κ1) is 15.9. The van der Waals surface area contributed by atoms with Crippen molar-refractivity contribution < 1.29 is 14.1 Å². The second-order valence-corrected chi connectivity index (χ2v) is 5.39. The fourth-order valence-electron chi connectivity index (χ4n) is 1.90. The van der Waals surface area contributed by atoms with E-state index in [0.29, 0.717) is 18.3 Å². The Bertz CT molecular complexity index is 658. The number of nitrogens with one attached hydrogen (secondary N) is 2. The number of quaternary nitrogens is 1. The number of hydrogen-bond acceptors (Lipinski definition) is 5. The van der Waals surface area contributed by atoms with Crippen LogP contribution in [-0.4, -0.2) is 32.2 Å². The summed E-state index contributed by atoms with van der Waals surface area (Å²) in [6.45, 7) is 3.82. The van der Waals surface area contributed by atoms with Crippen molar-refractivity contribution in [2.75, 3.05) is 32.5 Å². The molecule has 0 atom stereocenters. The summed E-state index contributed by atoms with van der Waals surface area (Å²) in [7, 11) is 4.13. The van der Waals surface area contributed by atoms with Gasteiger partial charge in [0.2, 0.25) is 17.5 Å². The maximum Gasteiger partial charge on any atom is 0.236 e. The zero-order chi connectivity index (χ0) is 15.9. The SMILES string of the molecule is Cc1cccc(OCc2nc(C#N)c(NCC[NH+](C)C)o2)c1. The minimum Gasteiger partial charge on any atom is -0.484 e. The summed E-state index contributed by atoms with van der Waals surface area (Å²) in [4.78, 5) is 5.46. The molecule has 0 aliphatic heterocycles.